The molecule has 0 aliphatic rings. The van der Waals surface area contributed by atoms with E-state index in [2.05, 4.69) is 21.7 Å². The number of hydrogen-bond acceptors (Lipinski definition) is 3. The quantitative estimate of drug-likeness (QED) is 0.475. The summed E-state index contributed by atoms with van der Waals surface area (Å²) in [6, 6.07) is 10.0. The first-order chi connectivity index (χ1) is 14.9. The number of allylic oxidation sites excluding steroid dienone is 1. The molecule has 0 aliphatic carbocycles. The van der Waals surface area contributed by atoms with E-state index in [4.69, 9.17) is 0 Å². The highest BCUT2D eigenvalue weighted by atomic mass is 19.4. The van der Waals surface area contributed by atoms with Crippen LogP contribution < -0.4 is 10.1 Å². The van der Waals surface area contributed by atoms with Gasteiger partial charge >= 0.3 is 12.5 Å². The lowest BCUT2D eigenvalue weighted by Crippen LogP contribution is -2.21. The highest BCUT2D eigenvalue weighted by Gasteiger charge is 2.40. The van der Waals surface area contributed by atoms with Crippen molar-refractivity contribution in [2.45, 2.75) is 19.5 Å². The average Bonchev–Trinajstić information content (AvgIpc) is 3.13. The van der Waals surface area contributed by atoms with Crippen LogP contribution in [0.5, 0.6) is 5.75 Å². The van der Waals surface area contributed by atoms with E-state index in [-0.39, 0.29) is 11.4 Å². The molecule has 3 rings (SSSR count). The highest BCUT2D eigenvalue weighted by Crippen LogP contribution is 2.35. The van der Waals surface area contributed by atoms with Crippen LogP contribution in [0, 0.1) is 0 Å². The summed E-state index contributed by atoms with van der Waals surface area (Å²) < 4.78 is 82.4. The zero-order valence-corrected chi connectivity index (χ0v) is 16.4. The number of aromatic nitrogens is 2. The summed E-state index contributed by atoms with van der Waals surface area (Å²) in [4.78, 5) is 12.7. The van der Waals surface area contributed by atoms with Crippen molar-refractivity contribution in [3.63, 3.8) is 0 Å². The van der Waals surface area contributed by atoms with Crippen molar-refractivity contribution in [2.75, 3.05) is 5.32 Å². The standard InChI is InChI=1S/C21H15F6N3O2/c1-12(2)15-5-3-4-6-17(15)29-19(31)16-11-28-30(18(16)20(22,23)24)13-7-9-14(10-8-13)32-21(25,26)27/h3-11H,1H2,2H3,(H,29,31). The van der Waals surface area contributed by atoms with Gasteiger partial charge in [-0.25, -0.2) is 4.68 Å². The predicted molar refractivity (Wildman–Crippen MR) is 104 cm³/mol. The molecule has 0 saturated carbocycles. The van der Waals surface area contributed by atoms with Crippen LogP contribution in [0.25, 0.3) is 11.3 Å². The van der Waals surface area contributed by atoms with Crippen molar-refractivity contribution in [3.05, 3.63) is 78.1 Å². The summed E-state index contributed by atoms with van der Waals surface area (Å²) >= 11 is 0. The monoisotopic (exact) mass is 455 g/mol. The summed E-state index contributed by atoms with van der Waals surface area (Å²) in [6.07, 6.45) is -9.20. The van der Waals surface area contributed by atoms with Gasteiger partial charge in [0.2, 0.25) is 0 Å². The Morgan fingerprint density at radius 3 is 2.19 bits per heavy atom. The molecule has 11 heteroatoms. The van der Waals surface area contributed by atoms with Crippen molar-refractivity contribution in [1.82, 2.24) is 9.78 Å². The number of benzene rings is 2. The molecule has 5 nitrogen and oxygen atoms in total. The van der Waals surface area contributed by atoms with Gasteiger partial charge in [0.15, 0.2) is 5.69 Å². The molecule has 0 aliphatic heterocycles. The fraction of sp³-hybridized carbons (Fsp3) is 0.143. The van der Waals surface area contributed by atoms with Crippen molar-refractivity contribution < 1.29 is 35.9 Å². The van der Waals surface area contributed by atoms with Crippen LogP contribution in [0.15, 0.2) is 61.3 Å². The van der Waals surface area contributed by atoms with Crippen LogP contribution >= 0.6 is 0 Å². The van der Waals surface area contributed by atoms with Crippen LogP contribution in [0.2, 0.25) is 0 Å². The number of carbonyl (C=O) groups excluding carboxylic acids is 1. The lowest BCUT2D eigenvalue weighted by molar-refractivity contribution is -0.274. The molecule has 0 fully saturated rings. The molecular weight excluding hydrogens is 440 g/mol. The minimum atomic E-state index is -4.99. The molecule has 1 N–H and O–H groups in total. The van der Waals surface area contributed by atoms with E-state index in [1.807, 2.05) is 0 Å². The summed E-state index contributed by atoms with van der Waals surface area (Å²) in [5.74, 6) is -1.68. The van der Waals surface area contributed by atoms with Crippen LogP contribution in [0.1, 0.15) is 28.5 Å². The van der Waals surface area contributed by atoms with Gasteiger partial charge in [0.05, 0.1) is 17.4 Å². The van der Waals surface area contributed by atoms with E-state index in [9.17, 15) is 31.1 Å². The smallest absolute Gasteiger partial charge is 0.406 e. The predicted octanol–water partition coefficient (Wildman–Crippen LogP) is 6.08. The van der Waals surface area contributed by atoms with E-state index < -0.39 is 35.5 Å². The highest BCUT2D eigenvalue weighted by molar-refractivity contribution is 6.06. The maximum atomic E-state index is 13.8. The van der Waals surface area contributed by atoms with Crippen LogP contribution in [0.3, 0.4) is 0 Å². The van der Waals surface area contributed by atoms with Crippen LogP contribution in [-0.4, -0.2) is 22.1 Å². The number of anilines is 1. The first-order valence-corrected chi connectivity index (χ1v) is 8.94. The number of amides is 1. The Bertz CT molecular complexity index is 1150. The van der Waals surface area contributed by atoms with Crippen LogP contribution in [0.4, 0.5) is 32.0 Å². The molecule has 168 valence electrons. The van der Waals surface area contributed by atoms with Gasteiger partial charge in [0.1, 0.15) is 5.75 Å². The normalized spacial score (nSPS) is 11.8. The SMILES string of the molecule is C=C(C)c1ccccc1NC(=O)c1cnn(-c2ccc(OC(F)(F)F)cc2)c1C(F)(F)F. The Balaban J connectivity index is 1.98. The van der Waals surface area contributed by atoms with Gasteiger partial charge in [-0.1, -0.05) is 24.8 Å². The number of carbonyl (C=O) groups is 1. The second-order valence-corrected chi connectivity index (χ2v) is 6.64. The van der Waals surface area contributed by atoms with Gasteiger partial charge in [-0.2, -0.15) is 18.3 Å². The van der Waals surface area contributed by atoms with Crippen molar-refractivity contribution in [1.29, 1.82) is 0 Å². The van der Waals surface area contributed by atoms with E-state index >= 15 is 0 Å². The zero-order chi connectivity index (χ0) is 23.7. The molecule has 0 spiro atoms. The van der Waals surface area contributed by atoms with E-state index in [0.29, 0.717) is 15.8 Å². The van der Waals surface area contributed by atoms with Gasteiger partial charge in [0.25, 0.3) is 5.91 Å². The van der Waals surface area contributed by atoms with Crippen molar-refractivity contribution in [3.8, 4) is 11.4 Å². The first-order valence-electron chi connectivity index (χ1n) is 8.94. The number of ether oxygens (including phenoxy) is 1. The average molecular weight is 455 g/mol. The largest absolute Gasteiger partial charge is 0.573 e. The number of halogens is 6. The maximum absolute atomic E-state index is 13.8. The molecule has 0 atom stereocenters. The Morgan fingerprint density at radius 2 is 1.62 bits per heavy atom. The molecule has 1 amide bonds. The van der Waals surface area contributed by atoms with Gasteiger partial charge in [0, 0.05) is 11.3 Å². The Labute approximate surface area is 177 Å². The van der Waals surface area contributed by atoms with E-state index in [1.54, 1.807) is 25.1 Å². The molecule has 0 saturated heterocycles. The molecular formula is C21H15F6N3O2. The Morgan fingerprint density at radius 1 is 1.00 bits per heavy atom. The lowest BCUT2D eigenvalue weighted by atomic mass is 10.1. The molecule has 32 heavy (non-hydrogen) atoms. The minimum absolute atomic E-state index is 0.215. The fourth-order valence-corrected chi connectivity index (χ4v) is 2.93. The van der Waals surface area contributed by atoms with Gasteiger partial charge < -0.3 is 10.1 Å². The Kier molecular flexibility index (Phi) is 6.02. The number of nitrogens with one attached hydrogen (secondary N) is 1. The summed E-state index contributed by atoms with van der Waals surface area (Å²) in [6.45, 7) is 5.44. The number of nitrogens with zero attached hydrogens (tertiary/aromatic N) is 2. The minimum Gasteiger partial charge on any atom is -0.406 e. The Hall–Kier alpha value is -3.76. The number of hydrogen-bond donors (Lipinski definition) is 1. The summed E-state index contributed by atoms with van der Waals surface area (Å²) in [5, 5.41) is 6.05. The van der Waals surface area contributed by atoms with Crippen LogP contribution in [-0.2, 0) is 6.18 Å². The molecule has 1 aromatic heterocycles. The second-order valence-electron chi connectivity index (χ2n) is 6.64. The third-order valence-electron chi connectivity index (χ3n) is 4.23. The van der Waals surface area contributed by atoms with E-state index in [0.717, 1.165) is 30.5 Å². The van der Waals surface area contributed by atoms with Gasteiger partial charge in [-0.05, 0) is 42.8 Å². The van der Waals surface area contributed by atoms with Crippen molar-refractivity contribution >= 4 is 17.2 Å². The molecule has 0 bridgehead atoms. The maximum Gasteiger partial charge on any atom is 0.573 e. The van der Waals surface area contributed by atoms with E-state index in [1.165, 1.54) is 6.07 Å². The molecule has 0 radical (unpaired) electrons. The van der Waals surface area contributed by atoms with Gasteiger partial charge in [-0.15, -0.1) is 13.2 Å². The van der Waals surface area contributed by atoms with Gasteiger partial charge in [-0.3, -0.25) is 4.79 Å². The molecule has 0 unspecified atom stereocenters. The zero-order valence-electron chi connectivity index (χ0n) is 16.4. The third-order valence-corrected chi connectivity index (χ3v) is 4.23. The molecule has 2 aromatic carbocycles. The topological polar surface area (TPSA) is 56.2 Å². The number of rotatable bonds is 5. The summed E-state index contributed by atoms with van der Waals surface area (Å²) in [7, 11) is 0. The fourth-order valence-electron chi connectivity index (χ4n) is 2.93. The van der Waals surface area contributed by atoms with Crippen molar-refractivity contribution in [2.24, 2.45) is 0 Å². The lowest BCUT2D eigenvalue weighted by Gasteiger charge is -2.14. The number of alkyl halides is 6. The summed E-state index contributed by atoms with van der Waals surface area (Å²) in [5.41, 5.74) is -0.958. The third kappa shape index (κ3) is 5.10. The second kappa shape index (κ2) is 8.40. The first kappa shape index (κ1) is 22.9. The molecule has 1 heterocycles. The molecule has 3 aromatic rings. The number of para-hydroxylation sites is 1.